The zero-order chi connectivity index (χ0) is 15.4. The van der Waals surface area contributed by atoms with Crippen molar-refractivity contribution in [2.45, 2.75) is 25.6 Å². The van der Waals surface area contributed by atoms with Gasteiger partial charge in [-0.3, -0.25) is 9.89 Å². The summed E-state index contributed by atoms with van der Waals surface area (Å²) in [5.74, 6) is 0.0580. The van der Waals surface area contributed by atoms with Crippen molar-refractivity contribution in [1.29, 1.82) is 0 Å². The third kappa shape index (κ3) is 3.36. The second-order valence-corrected chi connectivity index (χ2v) is 5.76. The van der Waals surface area contributed by atoms with Crippen molar-refractivity contribution >= 4 is 6.21 Å². The topological polar surface area (TPSA) is 39.7 Å². The fourth-order valence-corrected chi connectivity index (χ4v) is 3.08. The van der Waals surface area contributed by atoms with Crippen molar-refractivity contribution in [3.63, 3.8) is 0 Å². The molecule has 2 heterocycles. The number of benzene rings is 1. The van der Waals surface area contributed by atoms with Crippen LogP contribution in [0, 0.1) is 5.82 Å². The molecule has 0 radical (unpaired) electrons. The van der Waals surface area contributed by atoms with Crippen LogP contribution in [0.2, 0.25) is 0 Å². The molecule has 4 nitrogen and oxygen atoms in total. The van der Waals surface area contributed by atoms with E-state index in [1.54, 1.807) is 0 Å². The SMILES string of the molecule is CC[C@@H](C1=CNC(N2CCNCC2)N=C1)c1ccc(F)cc1. The van der Waals surface area contributed by atoms with Crippen LogP contribution in [0.4, 0.5) is 4.39 Å². The molecule has 2 N–H and O–H groups in total. The molecule has 1 saturated heterocycles. The molecular formula is C17H23FN4. The van der Waals surface area contributed by atoms with E-state index >= 15 is 0 Å². The van der Waals surface area contributed by atoms with E-state index in [0.29, 0.717) is 0 Å². The van der Waals surface area contributed by atoms with Crippen LogP contribution in [0.3, 0.4) is 0 Å². The van der Waals surface area contributed by atoms with Crippen LogP contribution >= 0.6 is 0 Å². The van der Waals surface area contributed by atoms with Gasteiger partial charge < -0.3 is 10.6 Å². The number of hydrogen-bond acceptors (Lipinski definition) is 4. The van der Waals surface area contributed by atoms with E-state index in [-0.39, 0.29) is 18.0 Å². The van der Waals surface area contributed by atoms with E-state index in [1.165, 1.54) is 12.1 Å². The Morgan fingerprint density at radius 2 is 2.00 bits per heavy atom. The lowest BCUT2D eigenvalue weighted by molar-refractivity contribution is 0.161. The highest BCUT2D eigenvalue weighted by molar-refractivity contribution is 5.81. The van der Waals surface area contributed by atoms with Crippen LogP contribution in [0.1, 0.15) is 24.8 Å². The number of rotatable bonds is 4. The van der Waals surface area contributed by atoms with Crippen molar-refractivity contribution in [2.75, 3.05) is 26.2 Å². The molecule has 1 fully saturated rings. The summed E-state index contributed by atoms with van der Waals surface area (Å²) in [4.78, 5) is 7.00. The number of hydrogen-bond donors (Lipinski definition) is 2. The molecule has 0 amide bonds. The predicted molar refractivity (Wildman–Crippen MR) is 87.4 cm³/mol. The molecule has 0 spiro atoms. The molecule has 1 unspecified atom stereocenters. The Morgan fingerprint density at radius 3 is 2.59 bits per heavy atom. The summed E-state index contributed by atoms with van der Waals surface area (Å²) < 4.78 is 13.1. The Hall–Kier alpha value is -1.72. The van der Waals surface area contributed by atoms with Gasteiger partial charge in [-0.1, -0.05) is 19.1 Å². The fourth-order valence-electron chi connectivity index (χ4n) is 3.08. The van der Waals surface area contributed by atoms with Crippen LogP contribution in [0.25, 0.3) is 0 Å². The van der Waals surface area contributed by atoms with E-state index in [4.69, 9.17) is 0 Å². The molecule has 2 aliphatic heterocycles. The lowest BCUT2D eigenvalue weighted by Gasteiger charge is -2.34. The number of aliphatic imine (C=N–C) groups is 1. The highest BCUT2D eigenvalue weighted by atomic mass is 19.1. The van der Waals surface area contributed by atoms with Gasteiger partial charge in [0, 0.05) is 44.5 Å². The minimum Gasteiger partial charge on any atom is -0.357 e. The summed E-state index contributed by atoms with van der Waals surface area (Å²) >= 11 is 0. The van der Waals surface area contributed by atoms with E-state index in [1.807, 2.05) is 18.3 Å². The highest BCUT2D eigenvalue weighted by Crippen LogP contribution is 2.27. The third-order valence-corrected chi connectivity index (χ3v) is 4.34. The average molecular weight is 302 g/mol. The van der Waals surface area contributed by atoms with Gasteiger partial charge in [0.15, 0.2) is 6.29 Å². The number of piperazine rings is 1. The summed E-state index contributed by atoms with van der Waals surface area (Å²) in [6.45, 7) is 6.18. The lowest BCUT2D eigenvalue weighted by Crippen LogP contribution is -2.52. The van der Waals surface area contributed by atoms with E-state index < -0.39 is 0 Å². The quantitative estimate of drug-likeness (QED) is 0.894. The van der Waals surface area contributed by atoms with Crippen LogP contribution in [0.15, 0.2) is 41.0 Å². The molecule has 0 saturated carbocycles. The fraction of sp³-hybridized carbons (Fsp3) is 0.471. The Balaban J connectivity index is 1.68. The van der Waals surface area contributed by atoms with E-state index in [9.17, 15) is 4.39 Å². The van der Waals surface area contributed by atoms with Crippen LogP contribution in [0.5, 0.6) is 0 Å². The second kappa shape index (κ2) is 7.03. The lowest BCUT2D eigenvalue weighted by atomic mass is 9.89. The Labute approximate surface area is 131 Å². The zero-order valence-corrected chi connectivity index (χ0v) is 12.9. The van der Waals surface area contributed by atoms with Crippen molar-refractivity contribution in [3.8, 4) is 0 Å². The van der Waals surface area contributed by atoms with Gasteiger partial charge in [-0.25, -0.2) is 4.39 Å². The summed E-state index contributed by atoms with van der Waals surface area (Å²) in [7, 11) is 0. The van der Waals surface area contributed by atoms with E-state index in [2.05, 4.69) is 33.6 Å². The minimum atomic E-state index is -0.193. The summed E-state index contributed by atoms with van der Waals surface area (Å²) in [5, 5.41) is 6.75. The molecule has 0 aliphatic carbocycles. The first-order valence-electron chi connectivity index (χ1n) is 7.97. The van der Waals surface area contributed by atoms with Gasteiger partial charge in [-0.05, 0) is 29.7 Å². The standard InChI is InChI=1S/C17H23FN4/c1-2-16(13-3-5-15(18)6-4-13)14-11-20-17(21-12-14)22-9-7-19-8-10-22/h3-6,11-12,16-17,19-20H,2,7-10H2,1H3/t16-,17?/m1/s1. The zero-order valence-electron chi connectivity index (χ0n) is 12.9. The van der Waals surface area contributed by atoms with Crippen molar-refractivity contribution < 1.29 is 4.39 Å². The molecule has 1 aromatic rings. The van der Waals surface area contributed by atoms with E-state index in [0.717, 1.165) is 43.7 Å². The predicted octanol–water partition coefficient (Wildman–Crippen LogP) is 2.07. The largest absolute Gasteiger partial charge is 0.357 e. The highest BCUT2D eigenvalue weighted by Gasteiger charge is 2.22. The molecule has 1 aromatic carbocycles. The van der Waals surface area contributed by atoms with Crippen LogP contribution in [-0.2, 0) is 0 Å². The molecule has 2 aliphatic rings. The monoisotopic (exact) mass is 302 g/mol. The maximum absolute atomic E-state index is 13.1. The summed E-state index contributed by atoms with van der Waals surface area (Å²) in [5.41, 5.74) is 2.28. The van der Waals surface area contributed by atoms with Gasteiger partial charge in [0.25, 0.3) is 0 Å². The van der Waals surface area contributed by atoms with Crippen LogP contribution in [-0.4, -0.2) is 43.6 Å². The number of nitrogens with zero attached hydrogens (tertiary/aromatic N) is 2. The minimum absolute atomic E-state index is 0.0385. The van der Waals surface area contributed by atoms with Crippen molar-refractivity contribution in [3.05, 3.63) is 47.4 Å². The molecule has 3 rings (SSSR count). The van der Waals surface area contributed by atoms with Gasteiger partial charge in [0.05, 0.1) is 0 Å². The maximum atomic E-state index is 13.1. The van der Waals surface area contributed by atoms with Gasteiger partial charge in [-0.2, -0.15) is 0 Å². The van der Waals surface area contributed by atoms with Crippen molar-refractivity contribution in [2.24, 2.45) is 4.99 Å². The molecule has 2 atom stereocenters. The Morgan fingerprint density at radius 1 is 1.27 bits per heavy atom. The van der Waals surface area contributed by atoms with Gasteiger partial charge in [-0.15, -0.1) is 0 Å². The molecule has 0 aromatic heterocycles. The molecular weight excluding hydrogens is 279 g/mol. The number of nitrogens with one attached hydrogen (secondary N) is 2. The normalized spacial score (nSPS) is 23.7. The maximum Gasteiger partial charge on any atom is 0.175 e. The number of halogens is 1. The summed E-state index contributed by atoms with van der Waals surface area (Å²) in [6.07, 6.45) is 5.04. The Bertz CT molecular complexity index is 546. The van der Waals surface area contributed by atoms with Gasteiger partial charge in [0.2, 0.25) is 0 Å². The molecule has 22 heavy (non-hydrogen) atoms. The Kier molecular flexibility index (Phi) is 4.85. The first-order chi connectivity index (χ1) is 10.8. The summed E-state index contributed by atoms with van der Waals surface area (Å²) in [6, 6.07) is 6.77. The van der Waals surface area contributed by atoms with Gasteiger partial charge >= 0.3 is 0 Å². The first-order valence-corrected chi connectivity index (χ1v) is 7.97. The third-order valence-electron chi connectivity index (χ3n) is 4.34. The van der Waals surface area contributed by atoms with Gasteiger partial charge in [0.1, 0.15) is 5.82 Å². The van der Waals surface area contributed by atoms with Crippen LogP contribution < -0.4 is 10.6 Å². The number of allylic oxidation sites excluding steroid dienone is 1. The van der Waals surface area contributed by atoms with Crippen molar-refractivity contribution in [1.82, 2.24) is 15.5 Å². The first kappa shape index (κ1) is 15.2. The smallest absolute Gasteiger partial charge is 0.175 e. The molecule has 118 valence electrons. The average Bonchev–Trinajstić information content (AvgIpc) is 2.59. The second-order valence-electron chi connectivity index (χ2n) is 5.76. The molecule has 5 heteroatoms. The molecule has 0 bridgehead atoms.